The van der Waals surface area contributed by atoms with E-state index in [0.29, 0.717) is 6.04 Å². The van der Waals surface area contributed by atoms with Gasteiger partial charge in [-0.25, -0.2) is 0 Å². The molecule has 3 heteroatoms. The van der Waals surface area contributed by atoms with E-state index in [4.69, 9.17) is 9.47 Å². The first-order chi connectivity index (χ1) is 9.74. The second kappa shape index (κ2) is 9.65. The van der Waals surface area contributed by atoms with Crippen LogP contribution in [0, 0.1) is 0 Å². The molecule has 0 saturated heterocycles. The SMILES string of the molecule is CCCC(CCC)NCCc1ccc(OC)c(OC)c1. The monoisotopic (exact) mass is 279 g/mol. The van der Waals surface area contributed by atoms with Crippen LogP contribution in [0.15, 0.2) is 18.2 Å². The van der Waals surface area contributed by atoms with Gasteiger partial charge in [0.05, 0.1) is 14.2 Å². The van der Waals surface area contributed by atoms with E-state index in [-0.39, 0.29) is 0 Å². The van der Waals surface area contributed by atoms with Gasteiger partial charge in [0.15, 0.2) is 11.5 Å². The number of benzene rings is 1. The highest BCUT2D eigenvalue weighted by atomic mass is 16.5. The summed E-state index contributed by atoms with van der Waals surface area (Å²) in [5.41, 5.74) is 1.28. The first-order valence-corrected chi connectivity index (χ1v) is 7.69. The van der Waals surface area contributed by atoms with Crippen molar-refractivity contribution in [1.29, 1.82) is 0 Å². The summed E-state index contributed by atoms with van der Waals surface area (Å²) in [5, 5.41) is 3.66. The Kier molecular flexibility index (Phi) is 8.12. The molecule has 1 aromatic rings. The minimum Gasteiger partial charge on any atom is -0.493 e. The van der Waals surface area contributed by atoms with Crippen molar-refractivity contribution in [2.45, 2.75) is 52.0 Å². The van der Waals surface area contributed by atoms with Crippen LogP contribution in [0.3, 0.4) is 0 Å². The van der Waals surface area contributed by atoms with Gasteiger partial charge in [-0.15, -0.1) is 0 Å². The zero-order valence-corrected chi connectivity index (χ0v) is 13.4. The third-order valence-corrected chi connectivity index (χ3v) is 3.57. The minimum absolute atomic E-state index is 0.658. The summed E-state index contributed by atoms with van der Waals surface area (Å²) in [7, 11) is 3.34. The molecule has 0 amide bonds. The molecule has 0 saturated carbocycles. The van der Waals surface area contributed by atoms with Gasteiger partial charge in [0.1, 0.15) is 0 Å². The zero-order valence-electron chi connectivity index (χ0n) is 13.4. The van der Waals surface area contributed by atoms with Crippen LogP contribution in [0.5, 0.6) is 11.5 Å². The average Bonchev–Trinajstić information content (AvgIpc) is 2.47. The van der Waals surface area contributed by atoms with E-state index in [9.17, 15) is 0 Å². The number of rotatable bonds is 10. The molecule has 0 aliphatic rings. The van der Waals surface area contributed by atoms with Crippen molar-refractivity contribution in [3.63, 3.8) is 0 Å². The first kappa shape index (κ1) is 16.8. The highest BCUT2D eigenvalue weighted by Gasteiger charge is 2.07. The molecule has 1 rings (SSSR count). The molecule has 0 unspecified atom stereocenters. The highest BCUT2D eigenvalue weighted by Crippen LogP contribution is 2.27. The third kappa shape index (κ3) is 5.41. The number of ether oxygens (including phenoxy) is 2. The standard InChI is InChI=1S/C17H29NO2/c1-5-7-15(8-6-2)18-12-11-14-9-10-16(19-3)17(13-14)20-4/h9-10,13,15,18H,5-8,11-12H2,1-4H3. The van der Waals surface area contributed by atoms with E-state index in [1.165, 1.54) is 31.2 Å². The quantitative estimate of drug-likeness (QED) is 0.706. The van der Waals surface area contributed by atoms with E-state index in [1.54, 1.807) is 14.2 Å². The Hall–Kier alpha value is -1.22. The summed E-state index contributed by atoms with van der Waals surface area (Å²) in [5.74, 6) is 1.60. The molecule has 1 aromatic carbocycles. The van der Waals surface area contributed by atoms with Gasteiger partial charge in [-0.3, -0.25) is 0 Å². The molecule has 3 nitrogen and oxygen atoms in total. The van der Waals surface area contributed by atoms with Crippen LogP contribution in [0.25, 0.3) is 0 Å². The first-order valence-electron chi connectivity index (χ1n) is 7.69. The number of hydrogen-bond donors (Lipinski definition) is 1. The van der Waals surface area contributed by atoms with E-state index in [0.717, 1.165) is 24.5 Å². The lowest BCUT2D eigenvalue weighted by molar-refractivity contribution is 0.354. The van der Waals surface area contributed by atoms with Crippen LogP contribution in [0.4, 0.5) is 0 Å². The molecule has 0 spiro atoms. The van der Waals surface area contributed by atoms with Crippen LogP contribution in [-0.2, 0) is 6.42 Å². The molecule has 0 fully saturated rings. The Morgan fingerprint density at radius 3 is 2.20 bits per heavy atom. The van der Waals surface area contributed by atoms with Crippen LogP contribution >= 0.6 is 0 Å². The molecule has 0 bridgehead atoms. The molecule has 0 aliphatic heterocycles. The zero-order chi connectivity index (χ0) is 14.8. The van der Waals surface area contributed by atoms with Gasteiger partial charge in [0.25, 0.3) is 0 Å². The van der Waals surface area contributed by atoms with Gasteiger partial charge >= 0.3 is 0 Å². The Labute approximate surface area is 123 Å². The summed E-state index contributed by atoms with van der Waals surface area (Å²) in [4.78, 5) is 0. The molecular weight excluding hydrogens is 250 g/mol. The van der Waals surface area contributed by atoms with Gasteiger partial charge in [0.2, 0.25) is 0 Å². The summed E-state index contributed by atoms with van der Waals surface area (Å²) >= 11 is 0. The Morgan fingerprint density at radius 1 is 1.00 bits per heavy atom. The molecule has 0 aromatic heterocycles. The summed E-state index contributed by atoms with van der Waals surface area (Å²) in [6.45, 7) is 5.51. The third-order valence-electron chi connectivity index (χ3n) is 3.57. The predicted octanol–water partition coefficient (Wildman–Crippen LogP) is 3.80. The Bertz CT molecular complexity index is 373. The van der Waals surface area contributed by atoms with Crippen molar-refractivity contribution < 1.29 is 9.47 Å². The second-order valence-corrected chi connectivity index (χ2v) is 5.17. The maximum Gasteiger partial charge on any atom is 0.160 e. The van der Waals surface area contributed by atoms with Gasteiger partial charge in [-0.05, 0) is 43.5 Å². The van der Waals surface area contributed by atoms with Crippen molar-refractivity contribution in [1.82, 2.24) is 5.32 Å². The Morgan fingerprint density at radius 2 is 1.65 bits per heavy atom. The lowest BCUT2D eigenvalue weighted by atomic mass is 10.1. The fourth-order valence-corrected chi connectivity index (χ4v) is 2.50. The molecule has 20 heavy (non-hydrogen) atoms. The fourth-order valence-electron chi connectivity index (χ4n) is 2.50. The number of nitrogens with one attached hydrogen (secondary N) is 1. The van der Waals surface area contributed by atoms with Crippen LogP contribution in [0.1, 0.15) is 45.1 Å². The molecule has 114 valence electrons. The molecule has 0 atom stereocenters. The topological polar surface area (TPSA) is 30.5 Å². The molecule has 0 aliphatic carbocycles. The normalized spacial score (nSPS) is 10.8. The average molecular weight is 279 g/mol. The minimum atomic E-state index is 0.658. The van der Waals surface area contributed by atoms with Crippen molar-refractivity contribution >= 4 is 0 Å². The maximum atomic E-state index is 5.34. The van der Waals surface area contributed by atoms with Gasteiger partial charge in [-0.1, -0.05) is 32.8 Å². The van der Waals surface area contributed by atoms with E-state index in [2.05, 4.69) is 31.3 Å². The van der Waals surface area contributed by atoms with E-state index < -0.39 is 0 Å². The lowest BCUT2D eigenvalue weighted by Crippen LogP contribution is -2.30. The maximum absolute atomic E-state index is 5.34. The Balaban J connectivity index is 2.48. The van der Waals surface area contributed by atoms with Crippen molar-refractivity contribution in [3.8, 4) is 11.5 Å². The fraction of sp³-hybridized carbons (Fsp3) is 0.647. The number of methoxy groups -OCH3 is 2. The molecular formula is C17H29NO2. The van der Waals surface area contributed by atoms with Crippen molar-refractivity contribution in [3.05, 3.63) is 23.8 Å². The largest absolute Gasteiger partial charge is 0.493 e. The predicted molar refractivity (Wildman–Crippen MR) is 84.9 cm³/mol. The van der Waals surface area contributed by atoms with Crippen molar-refractivity contribution in [2.75, 3.05) is 20.8 Å². The summed E-state index contributed by atoms with van der Waals surface area (Å²) < 4.78 is 10.6. The van der Waals surface area contributed by atoms with Crippen LogP contribution in [0.2, 0.25) is 0 Å². The van der Waals surface area contributed by atoms with E-state index in [1.807, 2.05) is 6.07 Å². The van der Waals surface area contributed by atoms with Crippen molar-refractivity contribution in [2.24, 2.45) is 0 Å². The second-order valence-electron chi connectivity index (χ2n) is 5.17. The smallest absolute Gasteiger partial charge is 0.160 e. The van der Waals surface area contributed by atoms with Crippen LogP contribution < -0.4 is 14.8 Å². The van der Waals surface area contributed by atoms with Gasteiger partial charge in [-0.2, -0.15) is 0 Å². The molecule has 1 N–H and O–H groups in total. The lowest BCUT2D eigenvalue weighted by Gasteiger charge is -2.17. The number of hydrogen-bond acceptors (Lipinski definition) is 3. The van der Waals surface area contributed by atoms with E-state index >= 15 is 0 Å². The summed E-state index contributed by atoms with van der Waals surface area (Å²) in [6.07, 6.45) is 6.03. The van der Waals surface area contributed by atoms with Gasteiger partial charge in [0, 0.05) is 6.04 Å². The van der Waals surface area contributed by atoms with Crippen LogP contribution in [-0.4, -0.2) is 26.8 Å². The summed E-state index contributed by atoms with van der Waals surface area (Å²) in [6, 6.07) is 6.81. The van der Waals surface area contributed by atoms with Gasteiger partial charge < -0.3 is 14.8 Å². The molecule has 0 radical (unpaired) electrons. The highest BCUT2D eigenvalue weighted by molar-refractivity contribution is 5.42. The molecule has 0 heterocycles.